The van der Waals surface area contributed by atoms with E-state index in [1.165, 1.54) is 7.11 Å². The van der Waals surface area contributed by atoms with Gasteiger partial charge in [-0.3, -0.25) is 0 Å². The van der Waals surface area contributed by atoms with E-state index < -0.39 is 12.1 Å². The van der Waals surface area contributed by atoms with Crippen LogP contribution < -0.4 is 4.74 Å². The van der Waals surface area contributed by atoms with Gasteiger partial charge >= 0.3 is 5.97 Å². The van der Waals surface area contributed by atoms with Crippen LogP contribution in [0.25, 0.3) is 0 Å². The van der Waals surface area contributed by atoms with Crippen LogP contribution in [0.3, 0.4) is 0 Å². The fourth-order valence-corrected chi connectivity index (χ4v) is 1.64. The van der Waals surface area contributed by atoms with Gasteiger partial charge in [-0.15, -0.1) is 0 Å². The molecule has 1 aromatic rings. The second kappa shape index (κ2) is 6.37. The minimum atomic E-state index is -1.56. The highest BCUT2D eigenvalue weighted by molar-refractivity contribution is 5.75. The van der Waals surface area contributed by atoms with E-state index in [-0.39, 0.29) is 0 Å². The van der Waals surface area contributed by atoms with E-state index in [0.717, 1.165) is 18.5 Å². The summed E-state index contributed by atoms with van der Waals surface area (Å²) < 4.78 is 5.06. The van der Waals surface area contributed by atoms with E-state index in [2.05, 4.69) is 0 Å². The predicted molar refractivity (Wildman–Crippen MR) is 67.8 cm³/mol. The SMILES string of the molecule is COc1ccc(CCN(C)C)cc1C(O)C(=O)O. The molecule has 5 nitrogen and oxygen atoms in total. The lowest BCUT2D eigenvalue weighted by molar-refractivity contribution is -0.147. The molecule has 0 aliphatic heterocycles. The normalized spacial score (nSPS) is 12.5. The summed E-state index contributed by atoms with van der Waals surface area (Å²) >= 11 is 0. The van der Waals surface area contributed by atoms with Gasteiger partial charge in [-0.1, -0.05) is 6.07 Å². The third-order valence-corrected chi connectivity index (χ3v) is 2.67. The number of ether oxygens (including phenoxy) is 1. The highest BCUT2D eigenvalue weighted by Crippen LogP contribution is 2.26. The maximum atomic E-state index is 10.8. The smallest absolute Gasteiger partial charge is 0.337 e. The Labute approximate surface area is 107 Å². The molecule has 0 spiro atoms. The summed E-state index contributed by atoms with van der Waals surface area (Å²) in [6.07, 6.45) is -0.768. The Morgan fingerprint density at radius 3 is 2.61 bits per heavy atom. The molecule has 0 radical (unpaired) electrons. The topological polar surface area (TPSA) is 70.0 Å². The van der Waals surface area contributed by atoms with Gasteiger partial charge in [0.2, 0.25) is 0 Å². The molecule has 0 aliphatic rings. The molecule has 0 fully saturated rings. The zero-order valence-electron chi connectivity index (χ0n) is 10.9. The van der Waals surface area contributed by atoms with Gasteiger partial charge in [0.05, 0.1) is 7.11 Å². The van der Waals surface area contributed by atoms with Crippen LogP contribution in [0.4, 0.5) is 0 Å². The first kappa shape index (κ1) is 14.5. The van der Waals surface area contributed by atoms with Crippen molar-refractivity contribution in [1.82, 2.24) is 4.90 Å². The number of aliphatic carboxylic acids is 1. The lowest BCUT2D eigenvalue weighted by Crippen LogP contribution is -2.16. The van der Waals surface area contributed by atoms with Crippen LogP contribution in [0, 0.1) is 0 Å². The number of aliphatic hydroxyl groups is 1. The molecule has 1 unspecified atom stereocenters. The molecular weight excluding hydrogens is 234 g/mol. The van der Waals surface area contributed by atoms with E-state index in [1.54, 1.807) is 12.1 Å². The number of aliphatic hydroxyl groups excluding tert-OH is 1. The Bertz CT molecular complexity index is 417. The van der Waals surface area contributed by atoms with E-state index in [4.69, 9.17) is 9.84 Å². The van der Waals surface area contributed by atoms with E-state index in [1.807, 2.05) is 25.1 Å². The molecule has 0 heterocycles. The van der Waals surface area contributed by atoms with E-state index >= 15 is 0 Å². The van der Waals surface area contributed by atoms with Gasteiger partial charge in [-0.25, -0.2) is 4.79 Å². The monoisotopic (exact) mass is 253 g/mol. The molecule has 100 valence electrons. The van der Waals surface area contributed by atoms with Gasteiger partial charge < -0.3 is 19.8 Å². The third-order valence-electron chi connectivity index (χ3n) is 2.67. The first-order valence-electron chi connectivity index (χ1n) is 5.68. The highest BCUT2D eigenvalue weighted by atomic mass is 16.5. The van der Waals surface area contributed by atoms with Crippen molar-refractivity contribution >= 4 is 5.97 Å². The zero-order valence-corrected chi connectivity index (χ0v) is 10.9. The highest BCUT2D eigenvalue weighted by Gasteiger charge is 2.20. The molecule has 2 N–H and O–H groups in total. The molecule has 18 heavy (non-hydrogen) atoms. The van der Waals surface area contributed by atoms with Crippen LogP contribution in [0.5, 0.6) is 5.75 Å². The number of carboxylic acids is 1. The van der Waals surface area contributed by atoms with Crippen molar-refractivity contribution < 1.29 is 19.7 Å². The van der Waals surface area contributed by atoms with Gasteiger partial charge in [0.15, 0.2) is 6.10 Å². The number of methoxy groups -OCH3 is 1. The Kier molecular flexibility index (Phi) is 5.12. The van der Waals surface area contributed by atoms with Crippen LogP contribution in [0.1, 0.15) is 17.2 Å². The molecular formula is C13H19NO4. The van der Waals surface area contributed by atoms with Crippen LogP contribution in [0.2, 0.25) is 0 Å². The molecule has 0 aromatic heterocycles. The molecule has 0 saturated heterocycles. The van der Waals surface area contributed by atoms with Gasteiger partial charge in [0.25, 0.3) is 0 Å². The molecule has 1 aromatic carbocycles. The summed E-state index contributed by atoms with van der Waals surface area (Å²) in [6.45, 7) is 0.856. The molecule has 0 aliphatic carbocycles. The number of hydrogen-bond acceptors (Lipinski definition) is 4. The number of likely N-dealkylation sites (N-methyl/N-ethyl adjacent to an activating group) is 1. The van der Waals surface area contributed by atoms with Crippen molar-refractivity contribution in [3.05, 3.63) is 29.3 Å². The molecule has 1 atom stereocenters. The summed E-state index contributed by atoms with van der Waals surface area (Å²) in [5.74, 6) is -0.892. The summed E-state index contributed by atoms with van der Waals surface area (Å²) in [4.78, 5) is 12.9. The van der Waals surface area contributed by atoms with Crippen molar-refractivity contribution in [3.63, 3.8) is 0 Å². The van der Waals surface area contributed by atoms with Crippen molar-refractivity contribution in [1.29, 1.82) is 0 Å². The molecule has 1 rings (SSSR count). The van der Waals surface area contributed by atoms with Crippen molar-refractivity contribution in [2.45, 2.75) is 12.5 Å². The first-order chi connectivity index (χ1) is 8.45. The van der Waals surface area contributed by atoms with Gasteiger partial charge in [-0.2, -0.15) is 0 Å². The second-order valence-electron chi connectivity index (χ2n) is 4.37. The average molecular weight is 253 g/mol. The van der Waals surface area contributed by atoms with E-state index in [0.29, 0.717) is 11.3 Å². The van der Waals surface area contributed by atoms with Crippen molar-refractivity contribution in [2.75, 3.05) is 27.7 Å². The first-order valence-corrected chi connectivity index (χ1v) is 5.68. The fraction of sp³-hybridized carbons (Fsp3) is 0.462. The van der Waals surface area contributed by atoms with Crippen LogP contribution >= 0.6 is 0 Å². The lowest BCUT2D eigenvalue weighted by atomic mass is 10.0. The second-order valence-corrected chi connectivity index (χ2v) is 4.37. The van der Waals surface area contributed by atoms with Crippen LogP contribution in [-0.4, -0.2) is 48.8 Å². The summed E-state index contributed by atoms with van der Waals surface area (Å²) in [7, 11) is 5.39. The fourth-order valence-electron chi connectivity index (χ4n) is 1.64. The minimum absolute atomic E-state index is 0.293. The van der Waals surface area contributed by atoms with Crippen molar-refractivity contribution in [2.24, 2.45) is 0 Å². The maximum absolute atomic E-state index is 10.8. The maximum Gasteiger partial charge on any atom is 0.337 e. The molecule has 0 amide bonds. The van der Waals surface area contributed by atoms with Gasteiger partial charge in [-0.05, 0) is 38.2 Å². The minimum Gasteiger partial charge on any atom is -0.496 e. The Morgan fingerprint density at radius 2 is 2.11 bits per heavy atom. The number of rotatable bonds is 6. The summed E-state index contributed by atoms with van der Waals surface area (Å²) in [5, 5.41) is 18.5. The predicted octanol–water partition coefficient (Wildman–Crippen LogP) is 0.917. The molecule has 0 saturated carbocycles. The largest absolute Gasteiger partial charge is 0.496 e. The summed E-state index contributed by atoms with van der Waals surface area (Å²) in [5.41, 5.74) is 1.26. The number of carboxylic acid groups (broad SMARTS) is 1. The van der Waals surface area contributed by atoms with Crippen molar-refractivity contribution in [3.8, 4) is 5.75 Å². The number of nitrogens with zero attached hydrogens (tertiary/aromatic N) is 1. The number of carbonyl (C=O) groups is 1. The van der Waals surface area contributed by atoms with E-state index in [9.17, 15) is 9.90 Å². The standard InChI is InChI=1S/C13H19NO4/c1-14(2)7-6-9-4-5-11(18-3)10(8-9)12(15)13(16)17/h4-5,8,12,15H,6-7H2,1-3H3,(H,16,17). The van der Waals surface area contributed by atoms with Gasteiger partial charge in [0, 0.05) is 12.1 Å². The van der Waals surface area contributed by atoms with Crippen LogP contribution in [0.15, 0.2) is 18.2 Å². The Morgan fingerprint density at radius 1 is 1.44 bits per heavy atom. The third kappa shape index (κ3) is 3.72. The quantitative estimate of drug-likeness (QED) is 0.789. The number of hydrogen-bond donors (Lipinski definition) is 2. The van der Waals surface area contributed by atoms with Gasteiger partial charge in [0.1, 0.15) is 5.75 Å². The van der Waals surface area contributed by atoms with Crippen LogP contribution in [-0.2, 0) is 11.2 Å². The zero-order chi connectivity index (χ0) is 13.7. The molecule has 0 bridgehead atoms. The Hall–Kier alpha value is -1.59. The summed E-state index contributed by atoms with van der Waals surface area (Å²) in [6, 6.07) is 5.24. The Balaban J connectivity index is 2.98. The average Bonchev–Trinajstić information content (AvgIpc) is 2.34. The lowest BCUT2D eigenvalue weighted by Gasteiger charge is -2.14. The number of benzene rings is 1. The molecule has 5 heteroatoms.